The third kappa shape index (κ3) is 7.10. The smallest absolute Gasteiger partial charge is 0.298 e. The minimum atomic E-state index is -4.17. The average Bonchev–Trinajstić information content (AvgIpc) is 3.39. The minimum Gasteiger partial charge on any atom is -0.490 e. The van der Waals surface area contributed by atoms with E-state index in [1.165, 1.54) is 12.0 Å². The van der Waals surface area contributed by atoms with Gasteiger partial charge < -0.3 is 10.1 Å². The zero-order valence-electron chi connectivity index (χ0n) is 24.2. The summed E-state index contributed by atoms with van der Waals surface area (Å²) in [5.74, 6) is 0.486. The fraction of sp³-hybridized carbons (Fsp3) is 0.548. The topological polar surface area (TPSA) is 131 Å². The summed E-state index contributed by atoms with van der Waals surface area (Å²) >= 11 is 0. The zero-order chi connectivity index (χ0) is 29.4. The van der Waals surface area contributed by atoms with E-state index in [4.69, 9.17) is 9.88 Å². The quantitative estimate of drug-likeness (QED) is 0.414. The van der Waals surface area contributed by atoms with Gasteiger partial charge in [0, 0.05) is 24.6 Å². The summed E-state index contributed by atoms with van der Waals surface area (Å²) in [4.78, 5) is 27.9. The monoisotopic (exact) mass is 582 g/mol. The summed E-state index contributed by atoms with van der Waals surface area (Å²) in [7, 11) is -2.15. The van der Waals surface area contributed by atoms with Crippen LogP contribution in [0.2, 0.25) is 0 Å². The molecule has 3 aliphatic rings. The highest BCUT2D eigenvalue weighted by Crippen LogP contribution is 2.45. The second-order valence-corrected chi connectivity index (χ2v) is 14.1. The summed E-state index contributed by atoms with van der Waals surface area (Å²) in [6.07, 6.45) is 6.33. The van der Waals surface area contributed by atoms with Crippen molar-refractivity contribution < 1.29 is 22.7 Å². The Morgan fingerprint density at radius 3 is 2.49 bits per heavy atom. The number of carbonyl (C=O) groups excluding carboxylic acids is 2. The number of nitrogens with one attached hydrogen (secondary N) is 2. The lowest BCUT2D eigenvalue weighted by Crippen LogP contribution is -2.45. The molecule has 0 bridgehead atoms. The van der Waals surface area contributed by atoms with Crippen LogP contribution in [-0.4, -0.2) is 56.9 Å². The fourth-order valence-electron chi connectivity index (χ4n) is 6.77. The maximum atomic E-state index is 13.1. The number of benzene rings is 2. The largest absolute Gasteiger partial charge is 0.490 e. The maximum Gasteiger partial charge on any atom is 0.298 e. The Morgan fingerprint density at radius 2 is 1.83 bits per heavy atom. The number of nitrogens with zero attached hydrogens (tertiary/aromatic N) is 1. The number of hydrogen-bond donors (Lipinski definition) is 3. The van der Waals surface area contributed by atoms with Crippen molar-refractivity contribution in [1.29, 1.82) is 0 Å². The van der Waals surface area contributed by atoms with Crippen LogP contribution < -0.4 is 19.9 Å². The molecule has 9 nitrogen and oxygen atoms in total. The molecule has 1 aliphatic heterocycles. The van der Waals surface area contributed by atoms with E-state index in [-0.39, 0.29) is 35.9 Å². The molecule has 222 valence electrons. The Morgan fingerprint density at radius 1 is 1.07 bits per heavy atom. The van der Waals surface area contributed by atoms with E-state index in [0.717, 1.165) is 49.8 Å². The van der Waals surface area contributed by atoms with Gasteiger partial charge >= 0.3 is 0 Å². The third-order valence-electron chi connectivity index (χ3n) is 8.78. The summed E-state index contributed by atoms with van der Waals surface area (Å²) in [5.41, 5.74) is 3.82. The molecule has 0 spiro atoms. The summed E-state index contributed by atoms with van der Waals surface area (Å²) in [5, 5.41) is 8.33. The molecule has 41 heavy (non-hydrogen) atoms. The van der Waals surface area contributed by atoms with Gasteiger partial charge in [0.2, 0.25) is 11.8 Å². The molecule has 2 aliphatic carbocycles. The highest BCUT2D eigenvalue weighted by molar-refractivity contribution is 7.87. The van der Waals surface area contributed by atoms with Gasteiger partial charge in [0.15, 0.2) is 0 Å². The van der Waals surface area contributed by atoms with Crippen LogP contribution in [0.4, 0.5) is 0 Å². The van der Waals surface area contributed by atoms with Crippen LogP contribution in [0.25, 0.3) is 11.1 Å². The predicted molar refractivity (Wildman–Crippen MR) is 158 cm³/mol. The first kappa shape index (κ1) is 29.5. The van der Waals surface area contributed by atoms with E-state index in [1.54, 1.807) is 0 Å². The zero-order valence-corrected chi connectivity index (χ0v) is 25.0. The van der Waals surface area contributed by atoms with Crippen LogP contribution >= 0.6 is 0 Å². The van der Waals surface area contributed by atoms with Crippen LogP contribution in [0.15, 0.2) is 42.5 Å². The van der Waals surface area contributed by atoms with Crippen molar-refractivity contribution in [1.82, 2.24) is 14.9 Å². The van der Waals surface area contributed by atoms with Crippen LogP contribution in [0.3, 0.4) is 0 Å². The van der Waals surface area contributed by atoms with Crippen molar-refractivity contribution in [3.8, 4) is 16.9 Å². The van der Waals surface area contributed by atoms with Crippen LogP contribution in [0, 0.1) is 5.41 Å². The van der Waals surface area contributed by atoms with E-state index in [1.807, 2.05) is 48.2 Å². The van der Waals surface area contributed by atoms with Crippen LogP contribution in [0.5, 0.6) is 5.75 Å². The Labute approximate surface area is 243 Å². The molecule has 0 aromatic heterocycles. The SMILES string of the molecule is CN1CC(C)(C)C[C@H]1C(=O)N[C@@H]1CC[C@@H](Oc2cccc(CC(=O)NS(N)(=O)=O)c2-c2ccccc2C2CCC2)C1. The molecular weight excluding hydrogens is 540 g/mol. The van der Waals surface area contributed by atoms with Crippen molar-refractivity contribution in [2.24, 2.45) is 10.6 Å². The van der Waals surface area contributed by atoms with Gasteiger partial charge in [-0.1, -0.05) is 56.7 Å². The number of likely N-dealkylation sites (N-methyl/N-ethyl adjacent to an activating group) is 1. The molecular formula is C31H42N4O5S. The standard InChI is InChI=1S/C31H42N4O5S/c1-31(2)18-26(35(3)19-31)30(37)33-22-14-15-23(17-22)40-27-13-7-10-21(16-28(36)34-41(32,38)39)29(27)25-12-5-4-11-24(25)20-8-6-9-20/h4-5,7,10-13,20,22-23,26H,6,8-9,14-19H2,1-3H3,(H,33,37)(H,34,36)(H2,32,38,39)/t22-,23-,26+/m1/s1. The number of rotatable bonds is 9. The molecule has 1 heterocycles. The van der Waals surface area contributed by atoms with E-state index in [2.05, 4.69) is 30.1 Å². The minimum absolute atomic E-state index is 0.0408. The number of amides is 2. The number of ether oxygens (including phenoxy) is 1. The maximum absolute atomic E-state index is 13.1. The van der Waals surface area contributed by atoms with Gasteiger partial charge in [0.25, 0.3) is 10.2 Å². The Kier molecular flexibility index (Phi) is 8.46. The number of likely N-dealkylation sites (tertiary alicyclic amines) is 1. The molecule has 10 heteroatoms. The molecule has 3 fully saturated rings. The van der Waals surface area contributed by atoms with Gasteiger partial charge in [0.05, 0.1) is 12.5 Å². The number of carbonyl (C=O) groups is 2. The lowest BCUT2D eigenvalue weighted by atomic mass is 9.76. The lowest BCUT2D eigenvalue weighted by Gasteiger charge is -2.29. The number of nitrogens with two attached hydrogens (primary N) is 1. The van der Waals surface area contributed by atoms with Crippen LogP contribution in [0.1, 0.15) is 75.8 Å². The molecule has 2 aromatic rings. The molecule has 2 saturated carbocycles. The average molecular weight is 583 g/mol. The van der Waals surface area contributed by atoms with Crippen molar-refractivity contribution >= 4 is 22.0 Å². The van der Waals surface area contributed by atoms with Gasteiger partial charge in [-0.3, -0.25) is 14.5 Å². The highest BCUT2D eigenvalue weighted by Gasteiger charge is 2.40. The van der Waals surface area contributed by atoms with Crippen LogP contribution in [-0.2, 0) is 26.2 Å². The molecule has 2 aromatic carbocycles. The lowest BCUT2D eigenvalue weighted by molar-refractivity contribution is -0.125. The van der Waals surface area contributed by atoms with E-state index in [0.29, 0.717) is 23.7 Å². The van der Waals surface area contributed by atoms with Gasteiger partial charge in [-0.2, -0.15) is 8.42 Å². The predicted octanol–water partition coefficient (Wildman–Crippen LogP) is 3.63. The molecule has 3 atom stereocenters. The second kappa shape index (κ2) is 11.7. The van der Waals surface area contributed by atoms with Gasteiger partial charge in [0.1, 0.15) is 11.9 Å². The Bertz CT molecular complexity index is 1400. The first-order valence-corrected chi connectivity index (χ1v) is 16.1. The Balaban J connectivity index is 1.37. The van der Waals surface area contributed by atoms with Crippen molar-refractivity contribution in [2.75, 3.05) is 13.6 Å². The molecule has 4 N–H and O–H groups in total. The molecule has 2 amide bonds. The Hall–Kier alpha value is -2.95. The van der Waals surface area contributed by atoms with Crippen molar-refractivity contribution in [3.05, 3.63) is 53.6 Å². The first-order chi connectivity index (χ1) is 19.4. The van der Waals surface area contributed by atoms with Gasteiger partial charge in [-0.05, 0) is 73.2 Å². The van der Waals surface area contributed by atoms with E-state index >= 15 is 0 Å². The van der Waals surface area contributed by atoms with Gasteiger partial charge in [-0.15, -0.1) is 0 Å². The fourth-order valence-corrected chi connectivity index (χ4v) is 7.16. The van der Waals surface area contributed by atoms with E-state index < -0.39 is 16.1 Å². The molecule has 0 unspecified atom stereocenters. The summed E-state index contributed by atoms with van der Waals surface area (Å²) in [6.45, 7) is 5.30. The highest BCUT2D eigenvalue weighted by atomic mass is 32.2. The van der Waals surface area contributed by atoms with Crippen molar-refractivity contribution in [3.63, 3.8) is 0 Å². The van der Waals surface area contributed by atoms with Crippen molar-refractivity contribution in [2.45, 2.75) is 89.3 Å². The molecule has 1 saturated heterocycles. The summed E-state index contributed by atoms with van der Waals surface area (Å²) < 4.78 is 31.5. The first-order valence-electron chi connectivity index (χ1n) is 14.6. The van der Waals surface area contributed by atoms with E-state index in [9.17, 15) is 18.0 Å². The normalized spacial score (nSPS) is 24.5. The molecule has 0 radical (unpaired) electrons. The van der Waals surface area contributed by atoms with Gasteiger partial charge in [-0.25, -0.2) is 9.86 Å². The second-order valence-electron chi connectivity index (χ2n) is 12.8. The summed E-state index contributed by atoms with van der Waals surface area (Å²) in [6, 6.07) is 13.7. The molecule has 5 rings (SSSR count). The third-order valence-corrected chi connectivity index (χ3v) is 9.29. The number of hydrogen-bond acceptors (Lipinski definition) is 6.